The molecule has 0 aromatic heterocycles. The molecule has 0 amide bonds. The average molecular weight is 185 g/mol. The topological polar surface area (TPSA) is 43.7 Å². The Kier molecular flexibility index (Phi) is 2.58. The van der Waals surface area contributed by atoms with Crippen LogP contribution in [0.3, 0.4) is 0 Å². The molecule has 2 N–H and O–H groups in total. The number of rotatable bonds is 3. The van der Waals surface area contributed by atoms with Gasteiger partial charge in [0.2, 0.25) is 0 Å². The lowest BCUT2D eigenvalue weighted by atomic mass is 9.77. The van der Waals surface area contributed by atoms with Crippen molar-refractivity contribution in [3.05, 3.63) is 0 Å². The zero-order valence-corrected chi connectivity index (χ0v) is 8.08. The van der Waals surface area contributed by atoms with Crippen molar-refractivity contribution in [2.45, 2.75) is 31.7 Å². The Morgan fingerprint density at radius 1 is 1.08 bits per heavy atom. The van der Waals surface area contributed by atoms with Gasteiger partial charge in [-0.1, -0.05) is 12.8 Å². The molecule has 1 aliphatic heterocycles. The molecule has 0 radical (unpaired) electrons. The Morgan fingerprint density at radius 2 is 1.62 bits per heavy atom. The van der Waals surface area contributed by atoms with Gasteiger partial charge in [0.05, 0.1) is 19.3 Å². The molecule has 0 aromatic rings. The lowest BCUT2D eigenvalue weighted by Crippen LogP contribution is -2.60. The van der Waals surface area contributed by atoms with Crippen molar-refractivity contribution in [1.29, 1.82) is 0 Å². The van der Waals surface area contributed by atoms with Crippen molar-refractivity contribution in [2.75, 3.05) is 26.3 Å². The Balaban J connectivity index is 1.82. The van der Waals surface area contributed by atoms with Gasteiger partial charge in [-0.2, -0.15) is 0 Å². The first-order valence-electron chi connectivity index (χ1n) is 5.25. The maximum absolute atomic E-state index is 8.99. The molecule has 1 saturated heterocycles. The highest BCUT2D eigenvalue weighted by molar-refractivity contribution is 4.99. The second-order valence-corrected chi connectivity index (χ2v) is 4.63. The molecule has 1 spiro atoms. The lowest BCUT2D eigenvalue weighted by Gasteiger charge is -2.51. The highest BCUT2D eigenvalue weighted by Gasteiger charge is 2.46. The van der Waals surface area contributed by atoms with Crippen LogP contribution in [0.2, 0.25) is 0 Å². The average Bonchev–Trinajstić information content (AvgIpc) is 2.54. The quantitative estimate of drug-likeness (QED) is 0.661. The second kappa shape index (κ2) is 3.56. The third kappa shape index (κ3) is 1.60. The molecule has 1 saturated carbocycles. The Morgan fingerprint density at radius 3 is 2.08 bits per heavy atom. The predicted octanol–water partition coefficient (Wildman–Crippen LogP) is 0.216. The van der Waals surface area contributed by atoms with E-state index < -0.39 is 0 Å². The Hall–Kier alpha value is -0.120. The van der Waals surface area contributed by atoms with E-state index in [1.165, 1.54) is 25.7 Å². The van der Waals surface area contributed by atoms with Gasteiger partial charge in [0.15, 0.2) is 0 Å². The summed E-state index contributed by atoms with van der Waals surface area (Å²) in [6.45, 7) is 2.37. The molecule has 2 aliphatic rings. The molecule has 1 heterocycles. The van der Waals surface area contributed by atoms with Gasteiger partial charge in [0.25, 0.3) is 0 Å². The zero-order chi connectivity index (χ0) is 9.31. The molecule has 13 heavy (non-hydrogen) atoms. The fraction of sp³-hybridized carbons (Fsp3) is 1.00. The Labute approximate surface area is 79.4 Å². The van der Waals surface area contributed by atoms with E-state index >= 15 is 0 Å². The number of aliphatic hydroxyl groups is 2. The van der Waals surface area contributed by atoms with Crippen molar-refractivity contribution < 1.29 is 10.2 Å². The van der Waals surface area contributed by atoms with E-state index in [-0.39, 0.29) is 19.3 Å². The van der Waals surface area contributed by atoms with Gasteiger partial charge >= 0.3 is 0 Å². The summed E-state index contributed by atoms with van der Waals surface area (Å²) in [6, 6.07) is -0.00813. The summed E-state index contributed by atoms with van der Waals surface area (Å²) in [5.74, 6) is 0. The summed E-state index contributed by atoms with van der Waals surface area (Å²) in [5, 5.41) is 18.0. The summed E-state index contributed by atoms with van der Waals surface area (Å²) in [5.41, 5.74) is 0.572. The summed E-state index contributed by atoms with van der Waals surface area (Å²) in [7, 11) is 0. The number of likely N-dealkylation sites (tertiary alicyclic amines) is 1. The van der Waals surface area contributed by atoms with Gasteiger partial charge in [-0.3, -0.25) is 4.90 Å². The van der Waals surface area contributed by atoms with Gasteiger partial charge in [-0.25, -0.2) is 0 Å². The van der Waals surface area contributed by atoms with Gasteiger partial charge in [-0.05, 0) is 18.3 Å². The van der Waals surface area contributed by atoms with Crippen LogP contribution in [0.5, 0.6) is 0 Å². The summed E-state index contributed by atoms with van der Waals surface area (Å²) < 4.78 is 0. The third-order valence-electron chi connectivity index (χ3n) is 3.68. The van der Waals surface area contributed by atoms with Gasteiger partial charge in [-0.15, -0.1) is 0 Å². The molecule has 0 bridgehead atoms. The van der Waals surface area contributed by atoms with Gasteiger partial charge in [0, 0.05) is 13.1 Å². The van der Waals surface area contributed by atoms with Crippen molar-refractivity contribution >= 4 is 0 Å². The van der Waals surface area contributed by atoms with Crippen LogP contribution >= 0.6 is 0 Å². The minimum atomic E-state index is -0.00813. The van der Waals surface area contributed by atoms with Crippen LogP contribution < -0.4 is 0 Å². The van der Waals surface area contributed by atoms with Crippen LogP contribution in [0, 0.1) is 5.41 Å². The van der Waals surface area contributed by atoms with Crippen LogP contribution in [0.4, 0.5) is 0 Å². The lowest BCUT2D eigenvalue weighted by molar-refractivity contribution is -0.0571. The highest BCUT2D eigenvalue weighted by Crippen LogP contribution is 2.45. The summed E-state index contributed by atoms with van der Waals surface area (Å²) in [6.07, 6.45) is 5.45. The standard InChI is InChI=1S/C10H19NO2/c12-5-9(6-13)11-7-10(8-11)3-1-2-4-10/h9,12-13H,1-8H2. The van der Waals surface area contributed by atoms with Crippen molar-refractivity contribution in [3.63, 3.8) is 0 Å². The summed E-state index contributed by atoms with van der Waals surface area (Å²) in [4.78, 5) is 2.21. The SMILES string of the molecule is OCC(CO)N1CC2(CCCC2)C1. The van der Waals surface area contributed by atoms with Crippen LogP contribution in [0.25, 0.3) is 0 Å². The van der Waals surface area contributed by atoms with E-state index in [0.717, 1.165) is 13.1 Å². The normalized spacial score (nSPS) is 27.0. The fourth-order valence-electron chi connectivity index (χ4n) is 2.80. The molecule has 3 heteroatoms. The predicted molar refractivity (Wildman–Crippen MR) is 50.4 cm³/mol. The number of aliphatic hydroxyl groups excluding tert-OH is 2. The first kappa shape index (κ1) is 9.44. The monoisotopic (exact) mass is 185 g/mol. The molecular formula is C10H19NO2. The molecule has 2 fully saturated rings. The maximum atomic E-state index is 8.99. The molecule has 0 atom stereocenters. The molecule has 2 rings (SSSR count). The second-order valence-electron chi connectivity index (χ2n) is 4.63. The number of nitrogens with zero attached hydrogens (tertiary/aromatic N) is 1. The minimum Gasteiger partial charge on any atom is -0.395 e. The van der Waals surface area contributed by atoms with Crippen LogP contribution in [0.15, 0.2) is 0 Å². The molecular weight excluding hydrogens is 166 g/mol. The first-order chi connectivity index (χ1) is 6.29. The van der Waals surface area contributed by atoms with Crippen LogP contribution in [-0.2, 0) is 0 Å². The Bertz CT molecular complexity index is 166. The minimum absolute atomic E-state index is 0.00813. The molecule has 1 aliphatic carbocycles. The number of hydrogen-bond donors (Lipinski definition) is 2. The van der Waals surface area contributed by atoms with Crippen LogP contribution in [0.1, 0.15) is 25.7 Å². The van der Waals surface area contributed by atoms with Crippen LogP contribution in [-0.4, -0.2) is 47.5 Å². The van der Waals surface area contributed by atoms with Gasteiger partial charge in [0.1, 0.15) is 0 Å². The van der Waals surface area contributed by atoms with Crippen molar-refractivity contribution in [2.24, 2.45) is 5.41 Å². The van der Waals surface area contributed by atoms with Crippen molar-refractivity contribution in [3.8, 4) is 0 Å². The van der Waals surface area contributed by atoms with E-state index in [9.17, 15) is 0 Å². The highest BCUT2D eigenvalue weighted by atomic mass is 16.3. The third-order valence-corrected chi connectivity index (χ3v) is 3.68. The number of hydrogen-bond acceptors (Lipinski definition) is 3. The molecule has 0 unspecified atom stereocenters. The molecule has 0 aromatic carbocycles. The fourth-order valence-corrected chi connectivity index (χ4v) is 2.80. The van der Waals surface area contributed by atoms with E-state index in [0.29, 0.717) is 5.41 Å². The first-order valence-corrected chi connectivity index (χ1v) is 5.25. The molecule has 76 valence electrons. The van der Waals surface area contributed by atoms with E-state index in [4.69, 9.17) is 10.2 Å². The maximum Gasteiger partial charge on any atom is 0.0609 e. The smallest absolute Gasteiger partial charge is 0.0609 e. The van der Waals surface area contributed by atoms with Crippen molar-refractivity contribution in [1.82, 2.24) is 4.90 Å². The summed E-state index contributed by atoms with van der Waals surface area (Å²) >= 11 is 0. The largest absolute Gasteiger partial charge is 0.395 e. The van der Waals surface area contributed by atoms with E-state index in [1.54, 1.807) is 0 Å². The van der Waals surface area contributed by atoms with E-state index in [2.05, 4.69) is 4.90 Å². The van der Waals surface area contributed by atoms with E-state index in [1.807, 2.05) is 0 Å². The molecule has 3 nitrogen and oxygen atoms in total. The zero-order valence-electron chi connectivity index (χ0n) is 8.08. The van der Waals surface area contributed by atoms with Gasteiger partial charge < -0.3 is 10.2 Å².